The Bertz CT molecular complexity index is 1090. The summed E-state index contributed by atoms with van der Waals surface area (Å²) < 4.78 is 1.48. The second kappa shape index (κ2) is 7.27. The second-order valence-electron chi connectivity index (χ2n) is 7.04. The number of aromatic nitrogens is 2. The van der Waals surface area contributed by atoms with E-state index in [-0.39, 0.29) is 5.56 Å². The first-order valence-electron chi connectivity index (χ1n) is 9.17. The summed E-state index contributed by atoms with van der Waals surface area (Å²) in [6.45, 7) is 9.82. The van der Waals surface area contributed by atoms with Crippen molar-refractivity contribution in [2.45, 2.75) is 53.5 Å². The molecule has 6 heteroatoms. The van der Waals surface area contributed by atoms with Gasteiger partial charge in [0, 0.05) is 16.9 Å². The number of aryl methyl sites for hydroxylation is 4. The van der Waals surface area contributed by atoms with Gasteiger partial charge in [-0.3, -0.25) is 14.2 Å². The zero-order valence-electron chi connectivity index (χ0n) is 16.4. The number of benzene rings is 1. The highest BCUT2D eigenvalue weighted by Gasteiger charge is 2.23. The Kier molecular flexibility index (Phi) is 5.20. The summed E-state index contributed by atoms with van der Waals surface area (Å²) in [5, 5.41) is 0.578. The monoisotopic (exact) mass is 383 g/mol. The smallest absolute Gasteiger partial charge is 0.263 e. The van der Waals surface area contributed by atoms with Gasteiger partial charge in [-0.05, 0) is 50.8 Å². The van der Waals surface area contributed by atoms with Gasteiger partial charge in [-0.1, -0.05) is 25.1 Å². The van der Waals surface area contributed by atoms with E-state index in [1.165, 1.54) is 27.0 Å². The summed E-state index contributed by atoms with van der Waals surface area (Å²) in [5.74, 6) is 0.0875. The fraction of sp³-hybridized carbons (Fsp3) is 0.381. The molecule has 0 saturated heterocycles. The van der Waals surface area contributed by atoms with Gasteiger partial charge in [0.1, 0.15) is 16.7 Å². The zero-order valence-corrected chi connectivity index (χ0v) is 17.2. The van der Waals surface area contributed by atoms with E-state index in [0.29, 0.717) is 17.6 Å². The summed E-state index contributed by atoms with van der Waals surface area (Å²) in [4.78, 5) is 31.8. The number of fused-ring (bicyclic) bond motifs is 1. The lowest BCUT2D eigenvalue weighted by molar-refractivity contribution is -0.120. The first kappa shape index (κ1) is 19.3. The molecule has 0 spiro atoms. The molecule has 0 saturated carbocycles. The van der Waals surface area contributed by atoms with Crippen molar-refractivity contribution in [3.63, 3.8) is 0 Å². The lowest BCUT2D eigenvalue weighted by atomic mass is 9.99. The van der Waals surface area contributed by atoms with Crippen LogP contribution >= 0.6 is 11.3 Å². The number of nitrogens with zero attached hydrogens (tertiary/aromatic N) is 2. The topological polar surface area (TPSA) is 78.0 Å². The third-order valence-electron chi connectivity index (χ3n) is 5.08. The molecule has 0 aliphatic carbocycles. The summed E-state index contributed by atoms with van der Waals surface area (Å²) in [7, 11) is 0. The van der Waals surface area contributed by atoms with Crippen LogP contribution < -0.4 is 11.3 Å². The van der Waals surface area contributed by atoms with Crippen molar-refractivity contribution in [2.75, 3.05) is 0 Å². The lowest BCUT2D eigenvalue weighted by Gasteiger charge is -2.17. The number of rotatable bonds is 5. The predicted molar refractivity (Wildman–Crippen MR) is 111 cm³/mol. The van der Waals surface area contributed by atoms with E-state index in [4.69, 9.17) is 10.7 Å². The number of carbonyl (C=O) groups excluding carboxylic acids is 1. The van der Waals surface area contributed by atoms with Crippen molar-refractivity contribution in [1.82, 2.24) is 9.55 Å². The van der Waals surface area contributed by atoms with Crippen LogP contribution in [-0.4, -0.2) is 15.5 Å². The molecule has 0 radical (unpaired) electrons. The van der Waals surface area contributed by atoms with Gasteiger partial charge in [-0.15, -0.1) is 11.3 Å². The van der Waals surface area contributed by atoms with E-state index >= 15 is 0 Å². The van der Waals surface area contributed by atoms with Gasteiger partial charge in [0.2, 0.25) is 5.91 Å². The summed E-state index contributed by atoms with van der Waals surface area (Å²) >= 11 is 1.53. The van der Waals surface area contributed by atoms with Gasteiger partial charge < -0.3 is 5.73 Å². The van der Waals surface area contributed by atoms with Crippen molar-refractivity contribution in [1.29, 1.82) is 0 Å². The Morgan fingerprint density at radius 2 is 1.96 bits per heavy atom. The first-order valence-corrected chi connectivity index (χ1v) is 9.99. The van der Waals surface area contributed by atoms with E-state index in [0.717, 1.165) is 27.3 Å². The molecule has 2 aromatic heterocycles. The summed E-state index contributed by atoms with van der Waals surface area (Å²) in [5.41, 5.74) is 9.62. The molecule has 1 amide bonds. The van der Waals surface area contributed by atoms with Gasteiger partial charge >= 0.3 is 0 Å². The number of thiophene rings is 1. The standard InChI is InChI=1S/C21H25N3O2S/c1-6-7-16-23-20-18(21(26)24(16)13(4)19(22)25)17(14(5)27-20)15-9-8-11(2)12(3)10-15/h8-10,13H,6-7H2,1-5H3,(H2,22,25). The molecule has 2 heterocycles. The molecule has 1 atom stereocenters. The maximum atomic E-state index is 13.5. The molecule has 1 unspecified atom stereocenters. The van der Waals surface area contributed by atoms with Gasteiger partial charge in [0.05, 0.1) is 5.39 Å². The minimum atomic E-state index is -0.733. The highest BCUT2D eigenvalue weighted by Crippen LogP contribution is 2.36. The van der Waals surface area contributed by atoms with E-state index < -0.39 is 11.9 Å². The van der Waals surface area contributed by atoms with E-state index in [2.05, 4.69) is 26.0 Å². The summed E-state index contributed by atoms with van der Waals surface area (Å²) in [6.07, 6.45) is 1.45. The Balaban J connectivity index is 2.39. The Morgan fingerprint density at radius 1 is 1.26 bits per heavy atom. The molecule has 1 aromatic carbocycles. The molecule has 0 aliphatic rings. The molecule has 0 bridgehead atoms. The first-order chi connectivity index (χ1) is 12.8. The molecule has 3 aromatic rings. The third kappa shape index (κ3) is 3.30. The highest BCUT2D eigenvalue weighted by atomic mass is 32.1. The Hall–Kier alpha value is -2.47. The molecule has 2 N–H and O–H groups in total. The fourth-order valence-electron chi connectivity index (χ4n) is 3.39. The molecule has 5 nitrogen and oxygen atoms in total. The van der Waals surface area contributed by atoms with Crippen LogP contribution in [-0.2, 0) is 11.2 Å². The van der Waals surface area contributed by atoms with Crippen LogP contribution in [0.5, 0.6) is 0 Å². The number of amides is 1. The molecule has 0 fully saturated rings. The summed E-state index contributed by atoms with van der Waals surface area (Å²) in [6, 6.07) is 5.48. The quantitative estimate of drug-likeness (QED) is 0.722. The van der Waals surface area contributed by atoms with Crippen LogP contribution in [0.4, 0.5) is 0 Å². The van der Waals surface area contributed by atoms with Gasteiger partial charge in [0.25, 0.3) is 5.56 Å². The zero-order chi connectivity index (χ0) is 19.9. The average molecular weight is 384 g/mol. The molecule has 3 rings (SSSR count). The second-order valence-corrected chi connectivity index (χ2v) is 8.25. The van der Waals surface area contributed by atoms with Crippen molar-refractivity contribution in [3.05, 3.63) is 50.4 Å². The largest absolute Gasteiger partial charge is 0.368 e. The maximum absolute atomic E-state index is 13.5. The van der Waals surface area contributed by atoms with E-state index in [1.54, 1.807) is 6.92 Å². The van der Waals surface area contributed by atoms with Gasteiger partial charge in [-0.25, -0.2) is 4.98 Å². The van der Waals surface area contributed by atoms with Crippen molar-refractivity contribution >= 4 is 27.5 Å². The van der Waals surface area contributed by atoms with Crippen molar-refractivity contribution < 1.29 is 4.79 Å². The SMILES string of the molecule is CCCc1nc2sc(C)c(-c3ccc(C)c(C)c3)c2c(=O)n1C(C)C(N)=O. The van der Waals surface area contributed by atoms with Crippen LogP contribution in [0.3, 0.4) is 0 Å². The number of carbonyl (C=O) groups is 1. The van der Waals surface area contributed by atoms with Crippen LogP contribution in [0.2, 0.25) is 0 Å². The van der Waals surface area contributed by atoms with Crippen LogP contribution in [0.25, 0.3) is 21.3 Å². The predicted octanol–water partition coefficient (Wildman–Crippen LogP) is 4.05. The molecular formula is C21H25N3O2S. The lowest BCUT2D eigenvalue weighted by Crippen LogP contribution is -2.35. The normalized spacial score (nSPS) is 12.5. The number of hydrogen-bond acceptors (Lipinski definition) is 4. The molecule has 27 heavy (non-hydrogen) atoms. The van der Waals surface area contributed by atoms with Gasteiger partial charge in [0.15, 0.2) is 0 Å². The average Bonchev–Trinajstić information content (AvgIpc) is 2.93. The number of hydrogen-bond donors (Lipinski definition) is 1. The van der Waals surface area contributed by atoms with Crippen molar-refractivity contribution in [3.8, 4) is 11.1 Å². The molecular weight excluding hydrogens is 358 g/mol. The number of primary amides is 1. The third-order valence-corrected chi connectivity index (χ3v) is 6.07. The van der Waals surface area contributed by atoms with Crippen molar-refractivity contribution in [2.24, 2.45) is 5.73 Å². The maximum Gasteiger partial charge on any atom is 0.263 e. The Labute approximate surface area is 162 Å². The Morgan fingerprint density at radius 3 is 2.56 bits per heavy atom. The van der Waals surface area contributed by atoms with Crippen LogP contribution in [0, 0.1) is 20.8 Å². The van der Waals surface area contributed by atoms with E-state index in [9.17, 15) is 9.59 Å². The minimum Gasteiger partial charge on any atom is -0.368 e. The minimum absolute atomic E-state index is 0.188. The van der Waals surface area contributed by atoms with Crippen LogP contribution in [0.15, 0.2) is 23.0 Å². The number of nitrogens with two attached hydrogens (primary N) is 1. The molecule has 0 aliphatic heterocycles. The van der Waals surface area contributed by atoms with Crippen LogP contribution in [0.1, 0.15) is 48.1 Å². The fourth-order valence-corrected chi connectivity index (χ4v) is 4.44. The van der Waals surface area contributed by atoms with E-state index in [1.807, 2.05) is 19.9 Å². The van der Waals surface area contributed by atoms with Gasteiger partial charge in [-0.2, -0.15) is 0 Å². The highest BCUT2D eigenvalue weighted by molar-refractivity contribution is 7.19. The molecule has 142 valence electrons.